The Labute approximate surface area is 141 Å². The Bertz CT molecular complexity index is 775. The van der Waals surface area contributed by atoms with Crippen molar-refractivity contribution >= 4 is 37.3 Å². The Morgan fingerprint density at radius 3 is 2.68 bits per heavy atom. The molecule has 5 nitrogen and oxygen atoms in total. The van der Waals surface area contributed by atoms with Gasteiger partial charge in [0, 0.05) is 7.05 Å². The van der Waals surface area contributed by atoms with Crippen molar-refractivity contribution in [3.8, 4) is 11.5 Å². The first-order valence-electron chi connectivity index (χ1n) is 6.57. The Kier molecular flexibility index (Phi) is 4.44. The number of nitrogens with zero attached hydrogens (tertiary/aromatic N) is 1. The Morgan fingerprint density at radius 1 is 1.27 bits per heavy atom. The maximum absolute atomic E-state index is 12.5. The van der Waals surface area contributed by atoms with E-state index in [9.17, 15) is 8.42 Å². The van der Waals surface area contributed by atoms with Gasteiger partial charge in [-0.15, -0.1) is 11.3 Å². The number of para-hydroxylation sites is 2. The van der Waals surface area contributed by atoms with Crippen molar-refractivity contribution in [3.63, 3.8) is 0 Å². The predicted octanol–water partition coefficient (Wildman–Crippen LogP) is 2.97. The van der Waals surface area contributed by atoms with Gasteiger partial charge in [-0.25, -0.2) is 8.42 Å². The summed E-state index contributed by atoms with van der Waals surface area (Å²) in [6.07, 6.45) is -0.335. The van der Waals surface area contributed by atoms with E-state index in [0.29, 0.717) is 22.3 Å². The topological polar surface area (TPSA) is 55.8 Å². The molecule has 0 spiro atoms. The van der Waals surface area contributed by atoms with Crippen LogP contribution in [0.1, 0.15) is 0 Å². The normalized spacial score (nSPS) is 17.7. The third kappa shape index (κ3) is 3.15. The molecule has 1 aromatic carbocycles. The van der Waals surface area contributed by atoms with Crippen LogP contribution in [0, 0.1) is 0 Å². The van der Waals surface area contributed by atoms with Crippen LogP contribution in [0.15, 0.2) is 44.4 Å². The molecule has 0 saturated carbocycles. The molecular formula is C14H14BrNO4S2. The lowest BCUT2D eigenvalue weighted by molar-refractivity contribution is 0.0799. The summed E-state index contributed by atoms with van der Waals surface area (Å²) in [6, 6.07) is 10.7. The summed E-state index contributed by atoms with van der Waals surface area (Å²) >= 11 is 4.47. The van der Waals surface area contributed by atoms with Gasteiger partial charge in [0.2, 0.25) is 0 Å². The molecule has 1 aliphatic heterocycles. The lowest BCUT2D eigenvalue weighted by Crippen LogP contribution is -2.41. The van der Waals surface area contributed by atoms with Crippen molar-refractivity contribution in [2.24, 2.45) is 0 Å². The Balaban J connectivity index is 1.71. The minimum atomic E-state index is -3.51. The monoisotopic (exact) mass is 403 g/mol. The summed E-state index contributed by atoms with van der Waals surface area (Å²) < 4.78 is 38.8. The van der Waals surface area contributed by atoms with E-state index in [1.807, 2.05) is 24.3 Å². The molecule has 118 valence electrons. The average molecular weight is 404 g/mol. The first-order valence-corrected chi connectivity index (χ1v) is 9.62. The number of ether oxygens (including phenoxy) is 2. The Morgan fingerprint density at radius 2 is 2.00 bits per heavy atom. The lowest BCUT2D eigenvalue weighted by Gasteiger charge is -2.29. The van der Waals surface area contributed by atoms with Crippen LogP contribution in [0.2, 0.25) is 0 Å². The highest BCUT2D eigenvalue weighted by Crippen LogP contribution is 2.32. The SMILES string of the molecule is CN(CC1COc2ccccc2O1)S(=O)(=O)c1ccc(Br)s1. The first kappa shape index (κ1) is 15.8. The van der Waals surface area contributed by atoms with Crippen molar-refractivity contribution < 1.29 is 17.9 Å². The summed E-state index contributed by atoms with van der Waals surface area (Å²) in [4.78, 5) is 0. The number of hydrogen-bond acceptors (Lipinski definition) is 5. The molecule has 1 unspecified atom stereocenters. The second-order valence-corrected chi connectivity index (χ2v) is 9.58. The fraction of sp³-hybridized carbons (Fsp3) is 0.286. The second kappa shape index (κ2) is 6.19. The first-order chi connectivity index (χ1) is 10.5. The largest absolute Gasteiger partial charge is 0.486 e. The van der Waals surface area contributed by atoms with E-state index in [4.69, 9.17) is 9.47 Å². The molecule has 0 aliphatic carbocycles. The lowest BCUT2D eigenvalue weighted by atomic mass is 10.2. The third-order valence-electron chi connectivity index (χ3n) is 3.24. The number of halogens is 1. The average Bonchev–Trinajstić information content (AvgIpc) is 2.94. The van der Waals surface area contributed by atoms with Crippen molar-refractivity contribution in [1.29, 1.82) is 0 Å². The quantitative estimate of drug-likeness (QED) is 0.787. The van der Waals surface area contributed by atoms with E-state index in [0.717, 1.165) is 3.79 Å². The molecule has 0 radical (unpaired) electrons. The van der Waals surface area contributed by atoms with E-state index in [2.05, 4.69) is 15.9 Å². The van der Waals surface area contributed by atoms with Crippen LogP contribution in [0.5, 0.6) is 11.5 Å². The number of thiophene rings is 1. The van der Waals surface area contributed by atoms with Crippen LogP contribution in [0.4, 0.5) is 0 Å². The standard InChI is InChI=1S/C14H14BrNO4S2/c1-16(22(17,18)14-7-6-13(15)21-14)8-10-9-19-11-4-2-3-5-12(11)20-10/h2-7,10H,8-9H2,1H3. The maximum Gasteiger partial charge on any atom is 0.252 e. The third-order valence-corrected chi connectivity index (χ3v) is 7.16. The number of likely N-dealkylation sites (N-methyl/N-ethyl adjacent to an activating group) is 1. The van der Waals surface area contributed by atoms with E-state index in [1.54, 1.807) is 19.2 Å². The van der Waals surface area contributed by atoms with Crippen LogP contribution >= 0.6 is 27.3 Å². The second-order valence-electron chi connectivity index (χ2n) is 4.84. The predicted molar refractivity (Wildman–Crippen MR) is 88.2 cm³/mol. The molecule has 1 aliphatic rings. The van der Waals surface area contributed by atoms with Gasteiger partial charge in [0.25, 0.3) is 10.0 Å². The smallest absolute Gasteiger partial charge is 0.252 e. The zero-order valence-corrected chi connectivity index (χ0v) is 14.9. The van der Waals surface area contributed by atoms with Gasteiger partial charge in [-0.3, -0.25) is 0 Å². The molecule has 8 heteroatoms. The highest BCUT2D eigenvalue weighted by molar-refractivity contribution is 9.11. The number of fused-ring (bicyclic) bond motifs is 1. The van der Waals surface area contributed by atoms with Crippen LogP contribution in [0.3, 0.4) is 0 Å². The van der Waals surface area contributed by atoms with Crippen LogP contribution < -0.4 is 9.47 Å². The van der Waals surface area contributed by atoms with E-state index >= 15 is 0 Å². The fourth-order valence-corrected chi connectivity index (χ4v) is 5.55. The van der Waals surface area contributed by atoms with Crippen LogP contribution in [-0.4, -0.2) is 39.0 Å². The zero-order valence-electron chi connectivity index (χ0n) is 11.7. The summed E-state index contributed by atoms with van der Waals surface area (Å²) in [5.41, 5.74) is 0. The molecule has 0 saturated heterocycles. The molecule has 22 heavy (non-hydrogen) atoms. The van der Waals surface area contributed by atoms with Gasteiger partial charge in [-0.05, 0) is 40.2 Å². The molecule has 1 aromatic heterocycles. The van der Waals surface area contributed by atoms with Gasteiger partial charge in [0.15, 0.2) is 11.5 Å². The Hall–Kier alpha value is -1.09. The molecule has 0 bridgehead atoms. The van der Waals surface area contributed by atoms with Crippen molar-refractivity contribution in [1.82, 2.24) is 4.31 Å². The molecule has 0 fully saturated rings. The zero-order chi connectivity index (χ0) is 15.7. The minimum Gasteiger partial charge on any atom is -0.486 e. The number of hydrogen-bond donors (Lipinski definition) is 0. The van der Waals surface area contributed by atoms with Crippen molar-refractivity contribution in [2.75, 3.05) is 20.2 Å². The summed E-state index contributed by atoms with van der Waals surface area (Å²) in [5, 5.41) is 0. The summed E-state index contributed by atoms with van der Waals surface area (Å²) in [7, 11) is -1.96. The van der Waals surface area contributed by atoms with Crippen molar-refractivity contribution in [3.05, 3.63) is 40.2 Å². The van der Waals surface area contributed by atoms with Gasteiger partial charge in [-0.1, -0.05) is 12.1 Å². The number of rotatable bonds is 4. The van der Waals surface area contributed by atoms with Gasteiger partial charge in [-0.2, -0.15) is 4.31 Å². The highest BCUT2D eigenvalue weighted by atomic mass is 79.9. The van der Waals surface area contributed by atoms with Gasteiger partial charge in [0.05, 0.1) is 10.3 Å². The maximum atomic E-state index is 12.5. The minimum absolute atomic E-state index is 0.228. The molecule has 0 N–H and O–H groups in total. The van der Waals surface area contributed by atoms with Gasteiger partial charge in [0.1, 0.15) is 16.9 Å². The van der Waals surface area contributed by atoms with E-state index in [1.165, 1.54) is 15.6 Å². The number of benzene rings is 1. The molecule has 1 atom stereocenters. The molecule has 3 rings (SSSR count). The van der Waals surface area contributed by atoms with E-state index < -0.39 is 10.0 Å². The molecular weight excluding hydrogens is 390 g/mol. The van der Waals surface area contributed by atoms with Gasteiger partial charge >= 0.3 is 0 Å². The van der Waals surface area contributed by atoms with E-state index in [-0.39, 0.29) is 12.6 Å². The van der Waals surface area contributed by atoms with Crippen molar-refractivity contribution in [2.45, 2.75) is 10.3 Å². The molecule has 0 amide bonds. The number of sulfonamides is 1. The van der Waals surface area contributed by atoms with Crippen LogP contribution in [-0.2, 0) is 10.0 Å². The molecule has 2 aromatic rings. The molecule has 2 heterocycles. The fourth-order valence-electron chi connectivity index (χ4n) is 2.13. The van der Waals surface area contributed by atoms with Gasteiger partial charge < -0.3 is 9.47 Å². The summed E-state index contributed by atoms with van der Waals surface area (Å²) in [6.45, 7) is 0.553. The van der Waals surface area contributed by atoms with Crippen LogP contribution in [0.25, 0.3) is 0 Å². The summed E-state index contributed by atoms with van der Waals surface area (Å²) in [5.74, 6) is 1.33. The highest BCUT2D eigenvalue weighted by Gasteiger charge is 2.28.